The second-order valence-corrected chi connectivity index (χ2v) is 4.35. The summed E-state index contributed by atoms with van der Waals surface area (Å²) in [6.07, 6.45) is 0. The van der Waals surface area contributed by atoms with Gasteiger partial charge < -0.3 is 11.5 Å². The lowest BCUT2D eigenvalue weighted by Crippen LogP contribution is -2.04. The van der Waals surface area contributed by atoms with E-state index in [2.05, 4.69) is 25.9 Å². The number of nitrogens with two attached hydrogens (primary N) is 2. The Bertz CT molecular complexity index is 516. The van der Waals surface area contributed by atoms with E-state index in [0.717, 1.165) is 21.3 Å². The van der Waals surface area contributed by atoms with Gasteiger partial charge in [-0.3, -0.25) is 0 Å². The zero-order valence-corrected chi connectivity index (χ0v) is 10.3. The van der Waals surface area contributed by atoms with Crippen LogP contribution in [0.3, 0.4) is 0 Å². The quantitative estimate of drug-likeness (QED) is 0.840. The highest BCUT2D eigenvalue weighted by molar-refractivity contribution is 9.10. The van der Waals surface area contributed by atoms with Crippen molar-refractivity contribution in [2.24, 2.45) is 0 Å². The molecule has 4 N–H and O–H groups in total. The molecule has 0 atom stereocenters. The fourth-order valence-electron chi connectivity index (χ4n) is 1.62. The van der Waals surface area contributed by atoms with Crippen LogP contribution in [0.2, 0.25) is 0 Å². The van der Waals surface area contributed by atoms with E-state index in [9.17, 15) is 0 Å². The molecule has 1 aromatic heterocycles. The molecule has 1 aromatic carbocycles. The Morgan fingerprint density at radius 2 is 1.94 bits per heavy atom. The van der Waals surface area contributed by atoms with E-state index in [1.165, 1.54) is 0 Å². The predicted molar refractivity (Wildman–Crippen MR) is 68.7 cm³/mol. The van der Waals surface area contributed by atoms with Crippen LogP contribution < -0.4 is 11.5 Å². The number of rotatable bonds is 1. The van der Waals surface area contributed by atoms with Crippen molar-refractivity contribution in [2.45, 2.75) is 6.92 Å². The Kier molecular flexibility index (Phi) is 2.78. The van der Waals surface area contributed by atoms with E-state index in [1.54, 1.807) is 0 Å². The lowest BCUT2D eigenvalue weighted by Gasteiger charge is -2.09. The van der Waals surface area contributed by atoms with Crippen molar-refractivity contribution in [1.82, 2.24) is 9.97 Å². The van der Waals surface area contributed by atoms with Crippen LogP contribution in [-0.4, -0.2) is 9.97 Å². The molecule has 0 bridgehead atoms. The van der Waals surface area contributed by atoms with Gasteiger partial charge in [-0.25, -0.2) is 4.98 Å². The lowest BCUT2D eigenvalue weighted by molar-refractivity contribution is 1.13. The van der Waals surface area contributed by atoms with Crippen LogP contribution in [0.25, 0.3) is 11.1 Å². The summed E-state index contributed by atoms with van der Waals surface area (Å²) >= 11 is 3.42. The number of nitrogen functional groups attached to an aromatic ring is 2. The summed E-state index contributed by atoms with van der Waals surface area (Å²) in [5, 5.41) is 0. The first kappa shape index (κ1) is 10.9. The van der Waals surface area contributed by atoms with Gasteiger partial charge in [0.25, 0.3) is 0 Å². The Morgan fingerprint density at radius 1 is 1.19 bits per heavy atom. The van der Waals surface area contributed by atoms with Crippen molar-refractivity contribution in [1.29, 1.82) is 0 Å². The van der Waals surface area contributed by atoms with E-state index < -0.39 is 0 Å². The van der Waals surface area contributed by atoms with Crippen LogP contribution >= 0.6 is 15.9 Å². The molecule has 0 saturated carbocycles. The molecule has 2 aromatic rings. The third-order valence-electron chi connectivity index (χ3n) is 2.25. The molecule has 2 rings (SSSR count). The van der Waals surface area contributed by atoms with E-state index >= 15 is 0 Å². The number of benzene rings is 1. The highest BCUT2D eigenvalue weighted by Gasteiger charge is 2.10. The number of hydrogen-bond acceptors (Lipinski definition) is 4. The van der Waals surface area contributed by atoms with E-state index in [4.69, 9.17) is 11.5 Å². The third-order valence-corrected chi connectivity index (χ3v) is 2.74. The molecule has 0 fully saturated rings. The van der Waals surface area contributed by atoms with Crippen LogP contribution in [0.4, 0.5) is 11.8 Å². The summed E-state index contributed by atoms with van der Waals surface area (Å²) in [6.45, 7) is 1.87. The van der Waals surface area contributed by atoms with Crippen molar-refractivity contribution >= 4 is 27.7 Å². The van der Waals surface area contributed by atoms with Gasteiger partial charge in [-0.15, -0.1) is 0 Å². The fourth-order valence-corrected chi connectivity index (χ4v) is 2.02. The van der Waals surface area contributed by atoms with Crippen LogP contribution in [0.15, 0.2) is 28.7 Å². The van der Waals surface area contributed by atoms with Gasteiger partial charge in [0, 0.05) is 10.0 Å². The Balaban J connectivity index is 2.64. The Hall–Kier alpha value is -1.62. The smallest absolute Gasteiger partial charge is 0.222 e. The predicted octanol–water partition coefficient (Wildman–Crippen LogP) is 2.38. The van der Waals surface area contributed by atoms with Crippen LogP contribution in [0, 0.1) is 6.92 Å². The highest BCUT2D eigenvalue weighted by atomic mass is 79.9. The summed E-state index contributed by atoms with van der Waals surface area (Å²) < 4.78 is 0.987. The van der Waals surface area contributed by atoms with Crippen molar-refractivity contribution < 1.29 is 0 Å². The monoisotopic (exact) mass is 278 g/mol. The molecule has 0 amide bonds. The number of nitrogens with zero attached hydrogens (tertiary/aromatic N) is 2. The van der Waals surface area contributed by atoms with Gasteiger partial charge in [-0.2, -0.15) is 4.98 Å². The van der Waals surface area contributed by atoms with E-state index in [1.807, 2.05) is 31.2 Å². The van der Waals surface area contributed by atoms with Crippen LogP contribution in [-0.2, 0) is 0 Å². The first-order valence-electron chi connectivity index (χ1n) is 4.73. The molecule has 1 heterocycles. The van der Waals surface area contributed by atoms with Gasteiger partial charge in [0.1, 0.15) is 5.82 Å². The molecule has 0 radical (unpaired) electrons. The minimum absolute atomic E-state index is 0.203. The molecule has 0 aliphatic rings. The number of anilines is 2. The zero-order valence-electron chi connectivity index (χ0n) is 8.74. The standard InChI is InChI=1S/C11H11BrN4/c1-6-9(10(13)16-11(14)15-6)7-3-2-4-8(12)5-7/h2-5H,1H3,(H4,13,14,15,16). The molecular weight excluding hydrogens is 268 g/mol. The second-order valence-electron chi connectivity index (χ2n) is 3.44. The Morgan fingerprint density at radius 3 is 2.56 bits per heavy atom. The minimum Gasteiger partial charge on any atom is -0.383 e. The SMILES string of the molecule is Cc1nc(N)nc(N)c1-c1cccc(Br)c1. The zero-order chi connectivity index (χ0) is 11.7. The summed E-state index contributed by atoms with van der Waals surface area (Å²) in [4.78, 5) is 8.08. The van der Waals surface area contributed by atoms with Gasteiger partial charge in [0.15, 0.2) is 0 Å². The number of halogens is 1. The molecular formula is C11H11BrN4. The van der Waals surface area contributed by atoms with Crippen molar-refractivity contribution in [3.8, 4) is 11.1 Å². The minimum atomic E-state index is 0.203. The van der Waals surface area contributed by atoms with Crippen molar-refractivity contribution in [3.05, 3.63) is 34.4 Å². The number of hydrogen-bond donors (Lipinski definition) is 2. The van der Waals surface area contributed by atoms with Crippen molar-refractivity contribution in [2.75, 3.05) is 11.5 Å². The average Bonchev–Trinajstić information content (AvgIpc) is 2.15. The first-order valence-corrected chi connectivity index (χ1v) is 5.53. The molecule has 0 unspecified atom stereocenters. The maximum Gasteiger partial charge on any atom is 0.222 e. The molecule has 5 heteroatoms. The van der Waals surface area contributed by atoms with Gasteiger partial charge in [0.2, 0.25) is 5.95 Å². The number of aryl methyl sites for hydroxylation is 1. The molecule has 0 spiro atoms. The maximum atomic E-state index is 5.86. The van der Waals surface area contributed by atoms with Crippen LogP contribution in [0.1, 0.15) is 5.69 Å². The van der Waals surface area contributed by atoms with E-state index in [-0.39, 0.29) is 5.95 Å². The second kappa shape index (κ2) is 4.09. The first-order chi connectivity index (χ1) is 7.58. The summed E-state index contributed by atoms with van der Waals surface area (Å²) in [6, 6.07) is 7.82. The third kappa shape index (κ3) is 1.99. The Labute approximate surface area is 102 Å². The molecule has 4 nitrogen and oxygen atoms in total. The van der Waals surface area contributed by atoms with E-state index in [0.29, 0.717) is 5.82 Å². The summed E-state index contributed by atoms with van der Waals surface area (Å²) in [5.74, 6) is 0.608. The summed E-state index contributed by atoms with van der Waals surface area (Å²) in [5.41, 5.74) is 14.0. The van der Waals surface area contributed by atoms with Gasteiger partial charge in [-0.05, 0) is 24.6 Å². The number of aromatic nitrogens is 2. The molecule has 0 saturated heterocycles. The normalized spacial score (nSPS) is 10.4. The average molecular weight is 279 g/mol. The molecule has 16 heavy (non-hydrogen) atoms. The van der Waals surface area contributed by atoms with Crippen LogP contribution in [0.5, 0.6) is 0 Å². The highest BCUT2D eigenvalue weighted by Crippen LogP contribution is 2.29. The van der Waals surface area contributed by atoms with Gasteiger partial charge in [-0.1, -0.05) is 28.1 Å². The maximum absolute atomic E-state index is 5.86. The lowest BCUT2D eigenvalue weighted by atomic mass is 10.1. The van der Waals surface area contributed by atoms with Gasteiger partial charge in [0.05, 0.1) is 5.69 Å². The van der Waals surface area contributed by atoms with Crippen molar-refractivity contribution in [3.63, 3.8) is 0 Å². The van der Waals surface area contributed by atoms with Gasteiger partial charge >= 0.3 is 0 Å². The fraction of sp³-hybridized carbons (Fsp3) is 0.0909. The molecule has 0 aliphatic carbocycles. The molecule has 0 aliphatic heterocycles. The topological polar surface area (TPSA) is 77.8 Å². The summed E-state index contributed by atoms with van der Waals surface area (Å²) in [7, 11) is 0. The molecule has 82 valence electrons. The largest absolute Gasteiger partial charge is 0.383 e.